The van der Waals surface area contributed by atoms with Crippen molar-refractivity contribution < 1.29 is 14.0 Å². The highest BCUT2D eigenvalue weighted by Gasteiger charge is 2.33. The van der Waals surface area contributed by atoms with Crippen LogP contribution in [0.15, 0.2) is 95.7 Å². The van der Waals surface area contributed by atoms with Gasteiger partial charge < -0.3 is 14.0 Å². The summed E-state index contributed by atoms with van der Waals surface area (Å²) in [6.45, 7) is 0. The summed E-state index contributed by atoms with van der Waals surface area (Å²) in [5.41, 5.74) is 0. The van der Waals surface area contributed by atoms with Crippen molar-refractivity contribution >= 4 is 17.8 Å². The standard InChI is InChI=1S/C21H21O3P/c1-23-17-13-14-18(24-2)16-21(15-17)25(22,19-9-5-3-6-10-19)20-11-7-4-8-12-20/h3-15H,16H2,1-2H3. The fourth-order valence-electron chi connectivity index (χ4n) is 2.90. The molecule has 0 saturated carbocycles. The van der Waals surface area contributed by atoms with Crippen LogP contribution < -0.4 is 10.6 Å². The smallest absolute Gasteiger partial charge is 0.167 e. The van der Waals surface area contributed by atoms with Crippen molar-refractivity contribution in [3.63, 3.8) is 0 Å². The molecule has 0 spiro atoms. The summed E-state index contributed by atoms with van der Waals surface area (Å²) in [5, 5.41) is 2.41. The minimum atomic E-state index is -3.01. The van der Waals surface area contributed by atoms with Gasteiger partial charge in [0.05, 0.1) is 14.2 Å². The lowest BCUT2D eigenvalue weighted by Gasteiger charge is -2.23. The summed E-state index contributed by atoms with van der Waals surface area (Å²) in [7, 11) is 0.234. The van der Waals surface area contributed by atoms with Crippen molar-refractivity contribution in [3.8, 4) is 0 Å². The van der Waals surface area contributed by atoms with Crippen LogP contribution >= 0.6 is 7.14 Å². The van der Waals surface area contributed by atoms with Gasteiger partial charge in [-0.05, 0) is 18.2 Å². The fraction of sp³-hybridized carbons (Fsp3) is 0.143. The molecular weight excluding hydrogens is 331 g/mol. The summed E-state index contributed by atoms with van der Waals surface area (Å²) in [5.74, 6) is 1.42. The molecule has 0 heterocycles. The third-order valence-electron chi connectivity index (χ3n) is 4.24. The molecule has 0 N–H and O–H groups in total. The molecule has 0 amide bonds. The zero-order valence-corrected chi connectivity index (χ0v) is 15.3. The summed E-state index contributed by atoms with van der Waals surface area (Å²) < 4.78 is 25.3. The zero-order valence-electron chi connectivity index (χ0n) is 14.4. The lowest BCUT2D eigenvalue weighted by molar-refractivity contribution is 0.284. The van der Waals surface area contributed by atoms with E-state index in [1.54, 1.807) is 14.2 Å². The largest absolute Gasteiger partial charge is 0.501 e. The first-order valence-corrected chi connectivity index (χ1v) is 9.80. The minimum absolute atomic E-state index is 0.473. The fourth-order valence-corrected chi connectivity index (χ4v) is 5.73. The average molecular weight is 352 g/mol. The van der Waals surface area contributed by atoms with E-state index in [2.05, 4.69) is 0 Å². The van der Waals surface area contributed by atoms with Gasteiger partial charge in [-0.1, -0.05) is 60.7 Å². The van der Waals surface area contributed by atoms with Crippen LogP contribution in [-0.4, -0.2) is 14.2 Å². The maximum atomic E-state index is 14.4. The second kappa shape index (κ2) is 7.58. The summed E-state index contributed by atoms with van der Waals surface area (Å²) in [6, 6.07) is 19.2. The number of ether oxygens (including phenoxy) is 2. The number of benzene rings is 2. The van der Waals surface area contributed by atoms with Crippen LogP contribution in [0.25, 0.3) is 0 Å². The molecule has 1 aliphatic carbocycles. The molecular formula is C21H21O3P. The van der Waals surface area contributed by atoms with Crippen molar-refractivity contribution in [2.24, 2.45) is 0 Å². The number of allylic oxidation sites excluding steroid dienone is 4. The molecule has 0 saturated heterocycles. The predicted molar refractivity (Wildman–Crippen MR) is 103 cm³/mol. The Morgan fingerprint density at radius 1 is 0.800 bits per heavy atom. The molecule has 128 valence electrons. The SMILES string of the molecule is COC1=CC=C(OC)CC(P(=O)(c2ccccc2)c2ccccc2)=C1. The predicted octanol–water partition coefficient (Wildman–Crippen LogP) is 4.35. The number of hydrogen-bond acceptors (Lipinski definition) is 3. The van der Waals surface area contributed by atoms with Crippen LogP contribution in [0.3, 0.4) is 0 Å². The van der Waals surface area contributed by atoms with Crippen LogP contribution in [-0.2, 0) is 14.0 Å². The van der Waals surface area contributed by atoms with Gasteiger partial charge in [0.25, 0.3) is 0 Å². The Kier molecular flexibility index (Phi) is 5.25. The van der Waals surface area contributed by atoms with Crippen LogP contribution in [0.1, 0.15) is 6.42 Å². The second-order valence-corrected chi connectivity index (χ2v) is 8.53. The van der Waals surface area contributed by atoms with E-state index in [0.29, 0.717) is 12.2 Å². The summed E-state index contributed by atoms with van der Waals surface area (Å²) in [6.07, 6.45) is 6.05. The van der Waals surface area contributed by atoms with Crippen molar-refractivity contribution in [3.05, 3.63) is 95.7 Å². The van der Waals surface area contributed by atoms with Gasteiger partial charge in [-0.15, -0.1) is 0 Å². The van der Waals surface area contributed by atoms with E-state index in [4.69, 9.17) is 9.47 Å². The first-order valence-electron chi connectivity index (χ1n) is 8.09. The molecule has 0 fully saturated rings. The Morgan fingerprint density at radius 3 is 1.84 bits per heavy atom. The summed E-state index contributed by atoms with van der Waals surface area (Å²) >= 11 is 0. The Morgan fingerprint density at radius 2 is 1.36 bits per heavy atom. The van der Waals surface area contributed by atoms with E-state index in [1.807, 2.05) is 78.9 Å². The lowest BCUT2D eigenvalue weighted by atomic mass is 10.3. The molecule has 4 heteroatoms. The molecule has 3 nitrogen and oxygen atoms in total. The Labute approximate surface area is 148 Å². The molecule has 2 aromatic rings. The Balaban J connectivity index is 2.22. The minimum Gasteiger partial charge on any atom is -0.501 e. The number of hydrogen-bond donors (Lipinski definition) is 0. The third-order valence-corrected chi connectivity index (χ3v) is 7.39. The molecule has 0 unspecified atom stereocenters. The molecule has 2 aromatic carbocycles. The van der Waals surface area contributed by atoms with Gasteiger partial charge in [0.15, 0.2) is 7.14 Å². The average Bonchev–Trinajstić information content (AvgIpc) is 2.91. The Bertz CT molecular complexity index is 821. The van der Waals surface area contributed by atoms with E-state index in [9.17, 15) is 4.57 Å². The quantitative estimate of drug-likeness (QED) is 0.751. The number of methoxy groups -OCH3 is 2. The topological polar surface area (TPSA) is 35.5 Å². The third kappa shape index (κ3) is 3.47. The van der Waals surface area contributed by atoms with Crippen molar-refractivity contribution in [1.82, 2.24) is 0 Å². The van der Waals surface area contributed by atoms with E-state index in [1.165, 1.54) is 0 Å². The first-order chi connectivity index (χ1) is 12.2. The van der Waals surface area contributed by atoms with E-state index in [-0.39, 0.29) is 0 Å². The van der Waals surface area contributed by atoms with Gasteiger partial charge >= 0.3 is 0 Å². The van der Waals surface area contributed by atoms with Crippen LogP contribution in [0.5, 0.6) is 0 Å². The van der Waals surface area contributed by atoms with E-state index in [0.717, 1.165) is 21.7 Å². The Hall–Kier alpha value is -2.51. The van der Waals surface area contributed by atoms with E-state index >= 15 is 0 Å². The van der Waals surface area contributed by atoms with Gasteiger partial charge in [-0.2, -0.15) is 0 Å². The van der Waals surface area contributed by atoms with Crippen LogP contribution in [0.4, 0.5) is 0 Å². The molecule has 0 bridgehead atoms. The number of rotatable bonds is 5. The first kappa shape index (κ1) is 17.3. The van der Waals surface area contributed by atoms with Gasteiger partial charge in [0.2, 0.25) is 0 Å². The molecule has 3 rings (SSSR count). The normalized spacial score (nSPS) is 14.7. The highest BCUT2D eigenvalue weighted by molar-refractivity contribution is 7.82. The van der Waals surface area contributed by atoms with Gasteiger partial charge in [0, 0.05) is 22.3 Å². The van der Waals surface area contributed by atoms with Gasteiger partial charge in [-0.25, -0.2) is 0 Å². The second-order valence-electron chi connectivity index (χ2n) is 5.70. The van der Waals surface area contributed by atoms with Crippen LogP contribution in [0, 0.1) is 0 Å². The highest BCUT2D eigenvalue weighted by Crippen LogP contribution is 2.54. The highest BCUT2D eigenvalue weighted by atomic mass is 31.2. The maximum absolute atomic E-state index is 14.4. The van der Waals surface area contributed by atoms with E-state index < -0.39 is 7.14 Å². The van der Waals surface area contributed by atoms with Gasteiger partial charge in [-0.3, -0.25) is 0 Å². The molecule has 25 heavy (non-hydrogen) atoms. The maximum Gasteiger partial charge on any atom is 0.167 e. The van der Waals surface area contributed by atoms with Crippen molar-refractivity contribution in [2.45, 2.75) is 6.42 Å². The summed E-state index contributed by atoms with van der Waals surface area (Å²) in [4.78, 5) is 0. The van der Waals surface area contributed by atoms with Crippen molar-refractivity contribution in [2.75, 3.05) is 14.2 Å². The molecule has 0 atom stereocenters. The van der Waals surface area contributed by atoms with Crippen LogP contribution in [0.2, 0.25) is 0 Å². The van der Waals surface area contributed by atoms with Crippen molar-refractivity contribution in [1.29, 1.82) is 0 Å². The van der Waals surface area contributed by atoms with Gasteiger partial charge in [0.1, 0.15) is 11.5 Å². The lowest BCUT2D eigenvalue weighted by Crippen LogP contribution is -2.18. The molecule has 1 aliphatic rings. The zero-order chi connectivity index (χ0) is 17.7. The molecule has 0 radical (unpaired) electrons. The monoisotopic (exact) mass is 352 g/mol. The molecule has 0 aliphatic heterocycles. The molecule has 0 aromatic heterocycles.